The number of rotatable bonds is 8. The van der Waals surface area contributed by atoms with Crippen molar-refractivity contribution in [3.63, 3.8) is 0 Å². The van der Waals surface area contributed by atoms with Gasteiger partial charge in [0, 0.05) is 18.2 Å². The molecule has 9 nitrogen and oxygen atoms in total. The lowest BCUT2D eigenvalue weighted by Gasteiger charge is -2.14. The number of hydrogen-bond acceptors (Lipinski definition) is 7. The van der Waals surface area contributed by atoms with E-state index in [4.69, 9.17) is 9.47 Å². The Morgan fingerprint density at radius 2 is 1.88 bits per heavy atom. The third kappa shape index (κ3) is 5.49. The number of nitro benzene ring substituents is 1. The highest BCUT2D eigenvalue weighted by Gasteiger charge is 2.18. The van der Waals surface area contributed by atoms with E-state index in [2.05, 4.69) is 10.6 Å². The normalized spacial score (nSPS) is 10.9. The molecular weight excluding hydrogens is 434 g/mol. The molecule has 1 aromatic heterocycles. The third-order valence-electron chi connectivity index (χ3n) is 4.29. The zero-order chi connectivity index (χ0) is 23.1. The van der Waals surface area contributed by atoms with Gasteiger partial charge >= 0.3 is 0 Å². The van der Waals surface area contributed by atoms with Crippen LogP contribution in [0.15, 0.2) is 65.7 Å². The van der Waals surface area contributed by atoms with Crippen LogP contribution in [0, 0.1) is 10.1 Å². The number of anilines is 1. The molecule has 3 rings (SSSR count). The van der Waals surface area contributed by atoms with E-state index < -0.39 is 16.7 Å². The summed E-state index contributed by atoms with van der Waals surface area (Å²) in [6, 6.07) is 13.9. The van der Waals surface area contributed by atoms with E-state index in [1.54, 1.807) is 41.8 Å². The molecule has 2 N–H and O–H groups in total. The monoisotopic (exact) mass is 453 g/mol. The Morgan fingerprint density at radius 1 is 1.06 bits per heavy atom. The van der Waals surface area contributed by atoms with Gasteiger partial charge in [0.2, 0.25) is 0 Å². The van der Waals surface area contributed by atoms with Crippen LogP contribution in [0.2, 0.25) is 0 Å². The number of methoxy groups -OCH3 is 2. The van der Waals surface area contributed by atoms with E-state index in [1.807, 2.05) is 0 Å². The highest BCUT2D eigenvalue weighted by Crippen LogP contribution is 2.29. The SMILES string of the molecule is COc1ccc(NC(=O)C(=Cc2cccc([N+](=O)[O-])c2)NC(=O)c2cccs2)c(OC)c1. The third-order valence-corrected chi connectivity index (χ3v) is 5.16. The van der Waals surface area contributed by atoms with Crippen LogP contribution in [0.3, 0.4) is 0 Å². The standard InChI is InChI=1S/C22H19N3O6S/c1-30-16-8-9-17(19(13-16)31-2)23-21(26)18(24-22(27)20-7-4-10-32-20)12-14-5-3-6-15(11-14)25(28)29/h3-13H,1-2H3,(H,23,26)(H,24,27). The molecule has 2 amide bonds. The fourth-order valence-electron chi connectivity index (χ4n) is 2.74. The van der Waals surface area contributed by atoms with Gasteiger partial charge in [0.1, 0.15) is 17.2 Å². The van der Waals surface area contributed by atoms with Crippen molar-refractivity contribution >= 4 is 40.6 Å². The smallest absolute Gasteiger partial charge is 0.272 e. The quantitative estimate of drug-likeness (QED) is 0.301. The molecule has 0 spiro atoms. The first kappa shape index (κ1) is 22.5. The number of nitrogens with zero attached hydrogens (tertiary/aromatic N) is 1. The molecule has 0 saturated heterocycles. The number of carbonyl (C=O) groups excluding carboxylic acids is 2. The molecule has 32 heavy (non-hydrogen) atoms. The van der Waals surface area contributed by atoms with Gasteiger partial charge in [-0.2, -0.15) is 0 Å². The molecule has 0 unspecified atom stereocenters. The molecule has 2 aromatic carbocycles. The highest BCUT2D eigenvalue weighted by molar-refractivity contribution is 7.12. The first-order chi connectivity index (χ1) is 15.4. The number of benzene rings is 2. The Labute approximate surface area is 187 Å². The number of amides is 2. The zero-order valence-corrected chi connectivity index (χ0v) is 18.0. The second kappa shape index (κ2) is 10.2. The van der Waals surface area contributed by atoms with E-state index >= 15 is 0 Å². The van der Waals surface area contributed by atoms with Crippen molar-refractivity contribution in [3.05, 3.63) is 86.2 Å². The van der Waals surface area contributed by atoms with Gasteiger partial charge in [0.15, 0.2) is 0 Å². The average Bonchev–Trinajstić information content (AvgIpc) is 3.34. The Balaban J connectivity index is 1.94. The van der Waals surface area contributed by atoms with E-state index in [0.717, 1.165) is 0 Å². The van der Waals surface area contributed by atoms with Crippen LogP contribution >= 0.6 is 11.3 Å². The Kier molecular flexibility index (Phi) is 7.19. The largest absolute Gasteiger partial charge is 0.497 e. The second-order valence-corrected chi connectivity index (χ2v) is 7.31. The summed E-state index contributed by atoms with van der Waals surface area (Å²) in [6.07, 6.45) is 1.36. The van der Waals surface area contributed by atoms with Gasteiger partial charge in [-0.15, -0.1) is 11.3 Å². The molecule has 0 bridgehead atoms. The summed E-state index contributed by atoms with van der Waals surface area (Å²) in [5, 5.41) is 18.1. The predicted octanol–water partition coefficient (Wildman–Crippen LogP) is 4.08. The van der Waals surface area contributed by atoms with E-state index in [-0.39, 0.29) is 11.4 Å². The van der Waals surface area contributed by atoms with Gasteiger partial charge in [0.05, 0.1) is 29.7 Å². The number of nitro groups is 1. The fraction of sp³-hybridized carbons (Fsp3) is 0.0909. The number of thiophene rings is 1. The van der Waals surface area contributed by atoms with Crippen LogP contribution in [0.1, 0.15) is 15.2 Å². The van der Waals surface area contributed by atoms with Gasteiger partial charge in [-0.3, -0.25) is 19.7 Å². The van der Waals surface area contributed by atoms with E-state index in [9.17, 15) is 19.7 Å². The van der Waals surface area contributed by atoms with Crippen LogP contribution in [0.25, 0.3) is 6.08 Å². The first-order valence-electron chi connectivity index (χ1n) is 9.25. The lowest BCUT2D eigenvalue weighted by atomic mass is 10.1. The van der Waals surface area contributed by atoms with Gasteiger partial charge < -0.3 is 20.1 Å². The maximum atomic E-state index is 13.1. The summed E-state index contributed by atoms with van der Waals surface area (Å²) in [5.74, 6) is -0.214. The van der Waals surface area contributed by atoms with Gasteiger partial charge in [0.25, 0.3) is 17.5 Å². The molecule has 0 fully saturated rings. The van der Waals surface area contributed by atoms with Crippen molar-refractivity contribution in [2.45, 2.75) is 0 Å². The highest BCUT2D eigenvalue weighted by atomic mass is 32.1. The lowest BCUT2D eigenvalue weighted by Crippen LogP contribution is -2.30. The second-order valence-electron chi connectivity index (χ2n) is 6.36. The van der Waals surface area contributed by atoms with Crippen molar-refractivity contribution in [3.8, 4) is 11.5 Å². The summed E-state index contributed by atoms with van der Waals surface area (Å²) in [7, 11) is 2.95. The van der Waals surface area contributed by atoms with Crippen LogP contribution < -0.4 is 20.1 Å². The predicted molar refractivity (Wildman–Crippen MR) is 121 cm³/mol. The molecule has 1 heterocycles. The number of carbonyl (C=O) groups is 2. The summed E-state index contributed by atoms with van der Waals surface area (Å²) < 4.78 is 10.4. The van der Waals surface area contributed by atoms with Crippen molar-refractivity contribution in [2.75, 3.05) is 19.5 Å². The fourth-order valence-corrected chi connectivity index (χ4v) is 3.36. The molecule has 10 heteroatoms. The average molecular weight is 453 g/mol. The summed E-state index contributed by atoms with van der Waals surface area (Å²) in [4.78, 5) is 36.6. The topological polar surface area (TPSA) is 120 Å². The molecule has 3 aromatic rings. The number of non-ortho nitro benzene ring substituents is 1. The van der Waals surface area contributed by atoms with Crippen molar-refractivity contribution in [1.29, 1.82) is 0 Å². The van der Waals surface area contributed by atoms with Crippen LogP contribution in [-0.4, -0.2) is 31.0 Å². The van der Waals surface area contributed by atoms with Gasteiger partial charge in [-0.25, -0.2) is 0 Å². The van der Waals surface area contributed by atoms with Crippen molar-refractivity contribution in [2.24, 2.45) is 0 Å². The minimum absolute atomic E-state index is 0.0956. The molecule has 164 valence electrons. The minimum atomic E-state index is -0.634. The molecular formula is C22H19N3O6S. The lowest BCUT2D eigenvalue weighted by molar-refractivity contribution is -0.384. The molecule has 0 atom stereocenters. The Hall–Kier alpha value is -4.18. The zero-order valence-electron chi connectivity index (χ0n) is 17.2. The van der Waals surface area contributed by atoms with Crippen molar-refractivity contribution in [1.82, 2.24) is 5.32 Å². The minimum Gasteiger partial charge on any atom is -0.497 e. The van der Waals surface area contributed by atoms with E-state index in [0.29, 0.717) is 27.6 Å². The van der Waals surface area contributed by atoms with Crippen molar-refractivity contribution < 1.29 is 24.0 Å². The molecule has 0 aliphatic carbocycles. The maximum Gasteiger partial charge on any atom is 0.272 e. The summed E-state index contributed by atoms with van der Waals surface area (Å²) in [6.45, 7) is 0. The Bertz CT molecular complexity index is 1170. The van der Waals surface area contributed by atoms with Gasteiger partial charge in [-0.1, -0.05) is 18.2 Å². The number of ether oxygens (including phenoxy) is 2. The van der Waals surface area contributed by atoms with Gasteiger partial charge in [-0.05, 0) is 35.2 Å². The van der Waals surface area contributed by atoms with Crippen LogP contribution in [-0.2, 0) is 4.79 Å². The summed E-state index contributed by atoms with van der Waals surface area (Å²) >= 11 is 1.22. The summed E-state index contributed by atoms with van der Waals surface area (Å²) in [5.41, 5.74) is 0.493. The Morgan fingerprint density at radius 3 is 2.53 bits per heavy atom. The number of hydrogen-bond donors (Lipinski definition) is 2. The molecule has 0 saturated carbocycles. The molecule has 0 aliphatic heterocycles. The molecule has 0 radical (unpaired) electrons. The molecule has 0 aliphatic rings. The van der Waals surface area contributed by atoms with Crippen LogP contribution in [0.5, 0.6) is 11.5 Å². The van der Waals surface area contributed by atoms with E-state index in [1.165, 1.54) is 49.8 Å². The van der Waals surface area contributed by atoms with Crippen LogP contribution in [0.4, 0.5) is 11.4 Å². The first-order valence-corrected chi connectivity index (χ1v) is 10.1. The number of nitrogens with one attached hydrogen (secondary N) is 2. The maximum absolute atomic E-state index is 13.1.